The Morgan fingerprint density at radius 2 is 2.05 bits per heavy atom. The van der Waals surface area contributed by atoms with Crippen LogP contribution in [-0.2, 0) is 5.41 Å². The van der Waals surface area contributed by atoms with Crippen molar-refractivity contribution in [3.05, 3.63) is 30.1 Å². The molecule has 1 aromatic heterocycles. The monoisotopic (exact) mass is 291 g/mol. The van der Waals surface area contributed by atoms with Crippen LogP contribution in [0.3, 0.4) is 0 Å². The number of pyridine rings is 1. The number of carbonyl (C=O) groups excluding carboxylic acids is 1. The van der Waals surface area contributed by atoms with Gasteiger partial charge in [0.05, 0.1) is 6.61 Å². The molecule has 5 heteroatoms. The standard InChI is InChI=1S/C16H25N3O2/c1-15(2,13-4-8-17-9-5-13)10-18-14(21)19(3)11-16(12-20)6-7-16/h4-5,8-9,20H,6-7,10-12H2,1-3H3,(H,18,21). The Labute approximate surface area is 126 Å². The lowest BCUT2D eigenvalue weighted by Crippen LogP contribution is -2.45. The molecule has 116 valence electrons. The Morgan fingerprint density at radius 3 is 2.57 bits per heavy atom. The highest BCUT2D eigenvalue weighted by molar-refractivity contribution is 5.74. The summed E-state index contributed by atoms with van der Waals surface area (Å²) in [5.41, 5.74) is 0.954. The van der Waals surface area contributed by atoms with Crippen LogP contribution in [0.2, 0.25) is 0 Å². The van der Waals surface area contributed by atoms with Gasteiger partial charge in [0, 0.05) is 43.4 Å². The molecule has 0 aromatic carbocycles. The van der Waals surface area contributed by atoms with Gasteiger partial charge in [-0.2, -0.15) is 0 Å². The maximum Gasteiger partial charge on any atom is 0.317 e. The summed E-state index contributed by atoms with van der Waals surface area (Å²) in [5.74, 6) is 0. The molecule has 0 atom stereocenters. The number of aliphatic hydroxyl groups is 1. The first-order chi connectivity index (χ1) is 9.88. The maximum absolute atomic E-state index is 12.2. The van der Waals surface area contributed by atoms with Crippen LogP contribution in [0.1, 0.15) is 32.3 Å². The normalized spacial score (nSPS) is 16.4. The fourth-order valence-electron chi connectivity index (χ4n) is 2.45. The van der Waals surface area contributed by atoms with Gasteiger partial charge in [0.25, 0.3) is 0 Å². The molecule has 1 fully saturated rings. The third kappa shape index (κ3) is 3.94. The van der Waals surface area contributed by atoms with Gasteiger partial charge in [-0.05, 0) is 30.5 Å². The summed E-state index contributed by atoms with van der Waals surface area (Å²) in [6.07, 6.45) is 5.54. The van der Waals surface area contributed by atoms with E-state index in [4.69, 9.17) is 0 Å². The topological polar surface area (TPSA) is 65.5 Å². The van der Waals surface area contributed by atoms with E-state index in [9.17, 15) is 9.90 Å². The average molecular weight is 291 g/mol. The van der Waals surface area contributed by atoms with Crippen LogP contribution in [0.15, 0.2) is 24.5 Å². The van der Waals surface area contributed by atoms with E-state index in [0.29, 0.717) is 13.1 Å². The number of rotatable bonds is 6. The molecule has 1 aromatic rings. The Balaban J connectivity index is 1.86. The molecule has 2 rings (SSSR count). The van der Waals surface area contributed by atoms with Crippen molar-refractivity contribution in [1.29, 1.82) is 0 Å². The molecule has 2 amide bonds. The fourth-order valence-corrected chi connectivity index (χ4v) is 2.45. The second-order valence-electron chi connectivity index (χ2n) is 6.79. The predicted octanol–water partition coefficient (Wildman–Crippen LogP) is 1.77. The van der Waals surface area contributed by atoms with E-state index in [1.165, 1.54) is 0 Å². The van der Waals surface area contributed by atoms with Crippen LogP contribution in [0, 0.1) is 5.41 Å². The van der Waals surface area contributed by atoms with Crippen molar-refractivity contribution in [3.63, 3.8) is 0 Å². The molecular formula is C16H25N3O2. The van der Waals surface area contributed by atoms with Gasteiger partial charge in [-0.15, -0.1) is 0 Å². The predicted molar refractivity (Wildman–Crippen MR) is 82.0 cm³/mol. The summed E-state index contributed by atoms with van der Waals surface area (Å²) in [4.78, 5) is 17.9. The van der Waals surface area contributed by atoms with Gasteiger partial charge < -0.3 is 15.3 Å². The summed E-state index contributed by atoms with van der Waals surface area (Å²) in [6, 6.07) is 3.86. The molecule has 1 heterocycles. The zero-order chi connectivity index (χ0) is 15.5. The summed E-state index contributed by atoms with van der Waals surface area (Å²) in [6.45, 7) is 5.53. The Kier molecular flexibility index (Phi) is 4.52. The first-order valence-electron chi connectivity index (χ1n) is 7.39. The highest BCUT2D eigenvalue weighted by Gasteiger charge is 2.43. The molecule has 5 nitrogen and oxygen atoms in total. The first-order valence-corrected chi connectivity index (χ1v) is 7.39. The summed E-state index contributed by atoms with van der Waals surface area (Å²) >= 11 is 0. The Bertz CT molecular complexity index is 484. The van der Waals surface area contributed by atoms with Gasteiger partial charge >= 0.3 is 6.03 Å². The van der Waals surface area contributed by atoms with Gasteiger partial charge in [-0.1, -0.05) is 13.8 Å². The summed E-state index contributed by atoms with van der Waals surface area (Å²) in [5, 5.41) is 12.3. The molecule has 1 aliphatic rings. The van der Waals surface area contributed by atoms with Gasteiger partial charge in [0.15, 0.2) is 0 Å². The third-order valence-corrected chi connectivity index (χ3v) is 4.36. The lowest BCUT2D eigenvalue weighted by Gasteiger charge is -2.28. The largest absolute Gasteiger partial charge is 0.396 e. The van der Waals surface area contributed by atoms with E-state index in [2.05, 4.69) is 24.1 Å². The minimum atomic E-state index is -0.145. The number of aliphatic hydroxyl groups excluding tert-OH is 1. The van der Waals surface area contributed by atoms with Crippen molar-refractivity contribution in [3.8, 4) is 0 Å². The number of amides is 2. The van der Waals surface area contributed by atoms with Crippen molar-refractivity contribution >= 4 is 6.03 Å². The quantitative estimate of drug-likeness (QED) is 0.839. The highest BCUT2D eigenvalue weighted by atomic mass is 16.3. The van der Waals surface area contributed by atoms with E-state index in [1.54, 1.807) is 24.3 Å². The Morgan fingerprint density at radius 1 is 1.43 bits per heavy atom. The van der Waals surface area contributed by atoms with E-state index >= 15 is 0 Å². The SMILES string of the molecule is CN(CC1(CO)CC1)C(=O)NCC(C)(C)c1ccncc1. The molecule has 1 aliphatic carbocycles. The molecular weight excluding hydrogens is 266 g/mol. The van der Waals surface area contributed by atoms with Crippen molar-refractivity contribution < 1.29 is 9.90 Å². The number of carbonyl (C=O) groups is 1. The number of hydrogen-bond acceptors (Lipinski definition) is 3. The van der Waals surface area contributed by atoms with E-state index < -0.39 is 0 Å². The molecule has 0 unspecified atom stereocenters. The van der Waals surface area contributed by atoms with Gasteiger partial charge in [-0.3, -0.25) is 4.98 Å². The lowest BCUT2D eigenvalue weighted by molar-refractivity contribution is 0.161. The second-order valence-corrected chi connectivity index (χ2v) is 6.79. The summed E-state index contributed by atoms with van der Waals surface area (Å²) < 4.78 is 0. The van der Waals surface area contributed by atoms with E-state index in [0.717, 1.165) is 18.4 Å². The van der Waals surface area contributed by atoms with Crippen molar-refractivity contribution in [2.24, 2.45) is 5.41 Å². The van der Waals surface area contributed by atoms with E-state index in [1.807, 2.05) is 12.1 Å². The molecule has 0 bridgehead atoms. The van der Waals surface area contributed by atoms with E-state index in [-0.39, 0.29) is 23.5 Å². The molecule has 0 saturated heterocycles. The fraction of sp³-hybridized carbons (Fsp3) is 0.625. The van der Waals surface area contributed by atoms with Crippen LogP contribution in [0.25, 0.3) is 0 Å². The van der Waals surface area contributed by atoms with Crippen molar-refractivity contribution in [2.45, 2.75) is 32.1 Å². The van der Waals surface area contributed by atoms with Crippen LogP contribution >= 0.6 is 0 Å². The molecule has 1 saturated carbocycles. The minimum Gasteiger partial charge on any atom is -0.396 e. The molecule has 0 spiro atoms. The molecule has 21 heavy (non-hydrogen) atoms. The first kappa shape index (κ1) is 15.8. The van der Waals surface area contributed by atoms with Gasteiger partial charge in [0.2, 0.25) is 0 Å². The number of hydrogen-bond donors (Lipinski definition) is 2. The zero-order valence-corrected chi connectivity index (χ0v) is 13.1. The minimum absolute atomic E-state index is 0.0489. The Hall–Kier alpha value is -1.62. The van der Waals surface area contributed by atoms with Gasteiger partial charge in [-0.25, -0.2) is 4.79 Å². The van der Waals surface area contributed by atoms with Crippen LogP contribution in [0.4, 0.5) is 4.79 Å². The number of nitrogens with zero attached hydrogens (tertiary/aromatic N) is 2. The number of aromatic nitrogens is 1. The van der Waals surface area contributed by atoms with Crippen LogP contribution in [-0.4, -0.2) is 47.8 Å². The van der Waals surface area contributed by atoms with Crippen molar-refractivity contribution in [2.75, 3.05) is 26.7 Å². The third-order valence-electron chi connectivity index (χ3n) is 4.36. The molecule has 2 N–H and O–H groups in total. The zero-order valence-electron chi connectivity index (χ0n) is 13.1. The average Bonchev–Trinajstić information content (AvgIpc) is 3.26. The maximum atomic E-state index is 12.2. The van der Waals surface area contributed by atoms with Crippen LogP contribution in [0.5, 0.6) is 0 Å². The number of urea groups is 1. The highest BCUT2D eigenvalue weighted by Crippen LogP contribution is 2.45. The van der Waals surface area contributed by atoms with Crippen LogP contribution < -0.4 is 5.32 Å². The summed E-state index contributed by atoms with van der Waals surface area (Å²) in [7, 11) is 1.78. The number of nitrogens with one attached hydrogen (secondary N) is 1. The van der Waals surface area contributed by atoms with Crippen molar-refractivity contribution in [1.82, 2.24) is 15.2 Å². The smallest absolute Gasteiger partial charge is 0.317 e. The molecule has 0 aliphatic heterocycles. The molecule has 0 radical (unpaired) electrons. The lowest BCUT2D eigenvalue weighted by atomic mass is 9.85. The van der Waals surface area contributed by atoms with Gasteiger partial charge in [0.1, 0.15) is 0 Å². The second kappa shape index (κ2) is 6.02.